The third-order valence-corrected chi connectivity index (χ3v) is 2.71. The molecule has 82 valence electrons. The largest absolute Gasteiger partial charge is 0.481 e. The number of amides is 2. The zero-order valence-corrected chi connectivity index (χ0v) is 9.89. The van der Waals surface area contributed by atoms with Gasteiger partial charge in [-0.1, -0.05) is 11.3 Å². The fraction of sp³-hybridized carbons (Fsp3) is 0.286. The Morgan fingerprint density at radius 3 is 2.87 bits per heavy atom. The molecule has 0 saturated heterocycles. The van der Waals surface area contributed by atoms with Crippen LogP contribution in [0, 0.1) is 0 Å². The lowest BCUT2D eigenvalue weighted by Gasteiger charge is -2.02. The van der Waals surface area contributed by atoms with Gasteiger partial charge in [-0.3, -0.25) is 10.1 Å². The van der Waals surface area contributed by atoms with Crippen molar-refractivity contribution in [1.29, 1.82) is 0 Å². The number of carbonyl (C=O) groups excluding carboxylic acids is 1. The van der Waals surface area contributed by atoms with Crippen molar-refractivity contribution in [3.05, 3.63) is 9.98 Å². The number of carboxylic acid groups (broad SMARTS) is 1. The highest BCUT2D eigenvalue weighted by Crippen LogP contribution is 2.22. The van der Waals surface area contributed by atoms with Crippen LogP contribution in [0.4, 0.5) is 9.93 Å². The minimum Gasteiger partial charge on any atom is -0.481 e. The topological polar surface area (TPSA) is 91.3 Å². The Morgan fingerprint density at radius 2 is 2.33 bits per heavy atom. The van der Waals surface area contributed by atoms with Gasteiger partial charge < -0.3 is 10.4 Å². The monoisotopic (exact) mass is 293 g/mol. The SMILES string of the molecule is O=C(O)CCNC(=O)Nc1ncc(Br)s1. The summed E-state index contributed by atoms with van der Waals surface area (Å²) >= 11 is 4.47. The Morgan fingerprint density at radius 1 is 1.60 bits per heavy atom. The summed E-state index contributed by atoms with van der Waals surface area (Å²) in [6, 6.07) is -0.460. The van der Waals surface area contributed by atoms with Crippen molar-refractivity contribution >= 4 is 44.4 Å². The molecule has 0 aromatic carbocycles. The Hall–Kier alpha value is -1.15. The van der Waals surface area contributed by atoms with Crippen LogP contribution in [-0.2, 0) is 4.79 Å². The number of urea groups is 1. The van der Waals surface area contributed by atoms with Crippen LogP contribution in [0.2, 0.25) is 0 Å². The van der Waals surface area contributed by atoms with Gasteiger partial charge in [0.1, 0.15) is 0 Å². The molecule has 0 fully saturated rings. The summed E-state index contributed by atoms with van der Waals surface area (Å²) < 4.78 is 0.809. The standard InChI is InChI=1S/C7H8BrN3O3S/c8-4-3-10-7(15-4)11-6(14)9-2-1-5(12)13/h3H,1-2H2,(H,12,13)(H2,9,10,11,14). The smallest absolute Gasteiger partial charge is 0.321 e. The van der Waals surface area contributed by atoms with Crippen LogP contribution in [0.3, 0.4) is 0 Å². The summed E-state index contributed by atoms with van der Waals surface area (Å²) in [4.78, 5) is 25.2. The first-order valence-electron chi connectivity index (χ1n) is 3.96. The van der Waals surface area contributed by atoms with Crippen molar-refractivity contribution in [2.45, 2.75) is 6.42 Å². The maximum absolute atomic E-state index is 11.1. The van der Waals surface area contributed by atoms with Gasteiger partial charge in [-0.2, -0.15) is 0 Å². The number of thiazole rings is 1. The minimum absolute atomic E-state index is 0.0910. The number of carbonyl (C=O) groups is 2. The zero-order valence-electron chi connectivity index (χ0n) is 7.49. The molecule has 2 amide bonds. The number of anilines is 1. The fourth-order valence-electron chi connectivity index (χ4n) is 0.737. The molecule has 1 aromatic heterocycles. The number of halogens is 1. The maximum Gasteiger partial charge on any atom is 0.321 e. The Kier molecular flexibility index (Phi) is 4.50. The molecule has 0 unspecified atom stereocenters. The van der Waals surface area contributed by atoms with Crippen LogP contribution in [0.25, 0.3) is 0 Å². The Balaban J connectivity index is 2.27. The molecule has 6 nitrogen and oxygen atoms in total. The lowest BCUT2D eigenvalue weighted by Crippen LogP contribution is -2.30. The van der Waals surface area contributed by atoms with Crippen molar-refractivity contribution in [3.63, 3.8) is 0 Å². The summed E-state index contributed by atoms with van der Waals surface area (Å²) in [7, 11) is 0. The second-order valence-corrected chi connectivity index (χ2v) is 4.90. The van der Waals surface area contributed by atoms with Crippen LogP contribution >= 0.6 is 27.3 Å². The summed E-state index contributed by atoms with van der Waals surface area (Å²) in [5.74, 6) is -0.952. The normalized spacial score (nSPS) is 9.67. The van der Waals surface area contributed by atoms with E-state index in [1.165, 1.54) is 11.3 Å². The Bertz CT molecular complexity index is 368. The average Bonchev–Trinajstić information content (AvgIpc) is 2.50. The van der Waals surface area contributed by atoms with Crippen LogP contribution in [0.5, 0.6) is 0 Å². The van der Waals surface area contributed by atoms with E-state index >= 15 is 0 Å². The molecule has 0 radical (unpaired) electrons. The van der Waals surface area contributed by atoms with Gasteiger partial charge >= 0.3 is 12.0 Å². The highest BCUT2D eigenvalue weighted by molar-refractivity contribution is 9.11. The number of aromatic nitrogens is 1. The van der Waals surface area contributed by atoms with Gasteiger partial charge in [0.15, 0.2) is 5.13 Å². The van der Waals surface area contributed by atoms with E-state index in [0.29, 0.717) is 5.13 Å². The molecule has 0 aliphatic heterocycles. The molecule has 1 rings (SSSR count). The predicted molar refractivity (Wildman–Crippen MR) is 59.1 cm³/mol. The molecule has 0 aliphatic rings. The first-order chi connectivity index (χ1) is 7.08. The summed E-state index contributed by atoms with van der Waals surface area (Å²) in [6.07, 6.45) is 1.46. The molecule has 0 spiro atoms. The van der Waals surface area contributed by atoms with Crippen molar-refractivity contribution in [3.8, 4) is 0 Å². The summed E-state index contributed by atoms with van der Waals surface area (Å²) in [6.45, 7) is 0.0910. The summed E-state index contributed by atoms with van der Waals surface area (Å²) in [5, 5.41) is 13.6. The zero-order chi connectivity index (χ0) is 11.3. The third kappa shape index (κ3) is 4.75. The molecule has 8 heteroatoms. The fourth-order valence-corrected chi connectivity index (χ4v) is 1.84. The van der Waals surface area contributed by atoms with Crippen LogP contribution < -0.4 is 10.6 Å². The summed E-state index contributed by atoms with van der Waals surface area (Å²) in [5.41, 5.74) is 0. The average molecular weight is 294 g/mol. The number of rotatable bonds is 4. The Labute approximate surface area is 97.8 Å². The number of nitrogens with zero attached hydrogens (tertiary/aromatic N) is 1. The van der Waals surface area contributed by atoms with Crippen molar-refractivity contribution in [2.75, 3.05) is 11.9 Å². The number of hydrogen-bond acceptors (Lipinski definition) is 4. The van der Waals surface area contributed by atoms with Gasteiger partial charge in [0.25, 0.3) is 0 Å². The first-order valence-corrected chi connectivity index (χ1v) is 5.57. The second kappa shape index (κ2) is 5.66. The molecule has 0 aliphatic carbocycles. The molecule has 0 bridgehead atoms. The molecule has 0 atom stereocenters. The van der Waals surface area contributed by atoms with E-state index in [9.17, 15) is 9.59 Å². The molecule has 1 aromatic rings. The van der Waals surface area contributed by atoms with E-state index in [4.69, 9.17) is 5.11 Å². The molecule has 0 saturated carbocycles. The second-order valence-electron chi connectivity index (χ2n) is 2.49. The van der Waals surface area contributed by atoms with Gasteiger partial charge in [0, 0.05) is 6.54 Å². The number of aliphatic carboxylic acids is 1. The van der Waals surface area contributed by atoms with E-state index in [1.807, 2.05) is 0 Å². The van der Waals surface area contributed by atoms with E-state index in [2.05, 4.69) is 31.5 Å². The van der Waals surface area contributed by atoms with Crippen molar-refractivity contribution < 1.29 is 14.7 Å². The molecular weight excluding hydrogens is 286 g/mol. The van der Waals surface area contributed by atoms with E-state index in [-0.39, 0.29) is 13.0 Å². The first kappa shape index (κ1) is 11.9. The van der Waals surface area contributed by atoms with Gasteiger partial charge in [0.2, 0.25) is 0 Å². The molecular formula is C7H8BrN3O3S. The molecule has 1 heterocycles. The van der Waals surface area contributed by atoms with Crippen molar-refractivity contribution in [1.82, 2.24) is 10.3 Å². The van der Waals surface area contributed by atoms with E-state index < -0.39 is 12.0 Å². The lowest BCUT2D eigenvalue weighted by molar-refractivity contribution is -0.136. The predicted octanol–water partition coefficient (Wildman–Crippen LogP) is 1.50. The minimum atomic E-state index is -0.952. The van der Waals surface area contributed by atoms with Gasteiger partial charge in [-0.25, -0.2) is 9.78 Å². The van der Waals surface area contributed by atoms with E-state index in [1.54, 1.807) is 6.20 Å². The van der Waals surface area contributed by atoms with Crippen LogP contribution in [0.15, 0.2) is 9.98 Å². The lowest BCUT2D eigenvalue weighted by atomic mass is 10.4. The van der Waals surface area contributed by atoms with Crippen molar-refractivity contribution in [2.24, 2.45) is 0 Å². The van der Waals surface area contributed by atoms with Crippen LogP contribution in [0.1, 0.15) is 6.42 Å². The highest BCUT2D eigenvalue weighted by Gasteiger charge is 2.05. The third-order valence-electron chi connectivity index (χ3n) is 1.32. The molecule has 15 heavy (non-hydrogen) atoms. The number of hydrogen-bond donors (Lipinski definition) is 3. The highest BCUT2D eigenvalue weighted by atomic mass is 79.9. The maximum atomic E-state index is 11.1. The number of carboxylic acids is 1. The van der Waals surface area contributed by atoms with Gasteiger partial charge in [0.05, 0.1) is 16.4 Å². The molecule has 3 N–H and O–H groups in total. The van der Waals surface area contributed by atoms with Gasteiger partial charge in [-0.05, 0) is 15.9 Å². The quantitative estimate of drug-likeness (QED) is 0.784. The van der Waals surface area contributed by atoms with Gasteiger partial charge in [-0.15, -0.1) is 0 Å². The van der Waals surface area contributed by atoms with E-state index in [0.717, 1.165) is 3.79 Å². The van der Waals surface area contributed by atoms with Crippen LogP contribution in [-0.4, -0.2) is 28.6 Å². The number of nitrogens with one attached hydrogen (secondary N) is 2.